The average Bonchev–Trinajstić information content (AvgIpc) is 2.68. The quantitative estimate of drug-likeness (QED) is 0.440. The predicted octanol–water partition coefficient (Wildman–Crippen LogP) is 5.71. The second-order valence-electron chi connectivity index (χ2n) is 6.75. The first-order valence-electron chi connectivity index (χ1n) is 10.3. The van der Waals surface area contributed by atoms with Crippen LogP contribution in [0.4, 0.5) is 0 Å². The van der Waals surface area contributed by atoms with E-state index in [1.807, 2.05) is 6.92 Å². The third kappa shape index (κ3) is 6.97. The normalized spacial score (nSPS) is 11.2. The van der Waals surface area contributed by atoms with Crippen LogP contribution in [0.15, 0.2) is 36.4 Å². The van der Waals surface area contributed by atoms with E-state index in [2.05, 4.69) is 48.6 Å². The summed E-state index contributed by atoms with van der Waals surface area (Å²) in [6.45, 7) is 8.14. The summed E-state index contributed by atoms with van der Waals surface area (Å²) in [7, 11) is 0. The van der Waals surface area contributed by atoms with Crippen LogP contribution in [0.5, 0.6) is 5.75 Å². The molecule has 0 fully saturated rings. The summed E-state index contributed by atoms with van der Waals surface area (Å²) in [4.78, 5) is 0. The van der Waals surface area contributed by atoms with Gasteiger partial charge in [-0.05, 0) is 36.7 Å². The second-order valence-corrected chi connectivity index (χ2v) is 6.75. The Morgan fingerprint density at radius 1 is 0.846 bits per heavy atom. The van der Waals surface area contributed by atoms with E-state index >= 15 is 0 Å². The maximum atomic E-state index is 6.00. The van der Waals surface area contributed by atoms with Crippen LogP contribution in [0.2, 0.25) is 0 Å². The number of hydrogen-bond acceptors (Lipinski definition) is 3. The number of unbranched alkanes of at least 4 members (excludes halogenated alkanes) is 5. The van der Waals surface area contributed by atoms with Crippen molar-refractivity contribution in [3.63, 3.8) is 0 Å². The third-order valence-corrected chi connectivity index (χ3v) is 4.70. The van der Waals surface area contributed by atoms with Gasteiger partial charge in [-0.2, -0.15) is 0 Å². The number of rotatable bonds is 14. The lowest BCUT2D eigenvalue weighted by atomic mass is 10.0. The molecule has 0 aliphatic rings. The Kier molecular flexibility index (Phi) is 10.1. The molecular formula is C23H35NO2. The zero-order valence-electron chi connectivity index (χ0n) is 16.6. The molecule has 3 heteroatoms. The SMILES string of the molecule is CCCCCCCCNCc1c(OCCOCC)ccc2ccccc12. The van der Waals surface area contributed by atoms with Gasteiger partial charge in [0.15, 0.2) is 0 Å². The second kappa shape index (κ2) is 12.7. The molecule has 0 saturated heterocycles. The summed E-state index contributed by atoms with van der Waals surface area (Å²) in [5.41, 5.74) is 1.26. The van der Waals surface area contributed by atoms with Gasteiger partial charge >= 0.3 is 0 Å². The van der Waals surface area contributed by atoms with Crippen molar-refractivity contribution in [3.8, 4) is 5.75 Å². The lowest BCUT2D eigenvalue weighted by molar-refractivity contribution is 0.110. The molecule has 0 aromatic heterocycles. The molecule has 0 spiro atoms. The zero-order chi connectivity index (χ0) is 18.5. The summed E-state index contributed by atoms with van der Waals surface area (Å²) in [6, 6.07) is 12.8. The van der Waals surface area contributed by atoms with E-state index in [-0.39, 0.29) is 0 Å². The van der Waals surface area contributed by atoms with Crippen molar-refractivity contribution < 1.29 is 9.47 Å². The fourth-order valence-electron chi connectivity index (χ4n) is 3.23. The third-order valence-electron chi connectivity index (χ3n) is 4.70. The van der Waals surface area contributed by atoms with Gasteiger partial charge in [0, 0.05) is 18.7 Å². The molecule has 0 amide bonds. The standard InChI is InChI=1S/C23H35NO2/c1-3-5-6-7-8-11-16-24-19-22-21-13-10-9-12-20(21)14-15-23(22)26-18-17-25-4-2/h9-10,12-15,24H,3-8,11,16-19H2,1-2H3. The minimum Gasteiger partial charge on any atom is -0.491 e. The van der Waals surface area contributed by atoms with Crippen LogP contribution in [-0.2, 0) is 11.3 Å². The molecule has 2 aromatic carbocycles. The first-order chi connectivity index (χ1) is 12.9. The molecule has 2 rings (SSSR count). The molecule has 0 radical (unpaired) electrons. The van der Waals surface area contributed by atoms with E-state index in [1.165, 1.54) is 54.9 Å². The van der Waals surface area contributed by atoms with E-state index in [0.717, 1.165) is 25.4 Å². The van der Waals surface area contributed by atoms with Crippen LogP contribution >= 0.6 is 0 Å². The van der Waals surface area contributed by atoms with Crippen molar-refractivity contribution in [2.24, 2.45) is 0 Å². The van der Waals surface area contributed by atoms with Gasteiger partial charge in [0.05, 0.1) is 6.61 Å². The maximum absolute atomic E-state index is 6.00. The summed E-state index contributed by atoms with van der Waals surface area (Å²) in [6.07, 6.45) is 7.97. The topological polar surface area (TPSA) is 30.5 Å². The van der Waals surface area contributed by atoms with Crippen LogP contribution in [0.1, 0.15) is 57.9 Å². The van der Waals surface area contributed by atoms with Gasteiger partial charge in [-0.3, -0.25) is 0 Å². The van der Waals surface area contributed by atoms with Gasteiger partial charge in [-0.25, -0.2) is 0 Å². The van der Waals surface area contributed by atoms with Crippen molar-refractivity contribution in [2.45, 2.75) is 58.9 Å². The van der Waals surface area contributed by atoms with Gasteiger partial charge in [0.25, 0.3) is 0 Å². The Morgan fingerprint density at radius 3 is 2.50 bits per heavy atom. The highest BCUT2D eigenvalue weighted by atomic mass is 16.5. The van der Waals surface area contributed by atoms with E-state index < -0.39 is 0 Å². The van der Waals surface area contributed by atoms with Crippen molar-refractivity contribution >= 4 is 10.8 Å². The number of fused-ring (bicyclic) bond motifs is 1. The number of nitrogens with one attached hydrogen (secondary N) is 1. The van der Waals surface area contributed by atoms with Crippen molar-refractivity contribution in [1.82, 2.24) is 5.32 Å². The summed E-state index contributed by atoms with van der Waals surface area (Å²) < 4.78 is 11.4. The van der Waals surface area contributed by atoms with Gasteiger partial charge in [0.2, 0.25) is 0 Å². The van der Waals surface area contributed by atoms with Crippen LogP contribution in [0, 0.1) is 0 Å². The van der Waals surface area contributed by atoms with Crippen LogP contribution in [0.25, 0.3) is 10.8 Å². The van der Waals surface area contributed by atoms with Gasteiger partial charge in [-0.1, -0.05) is 69.4 Å². The lowest BCUT2D eigenvalue weighted by Gasteiger charge is -2.15. The highest BCUT2D eigenvalue weighted by Gasteiger charge is 2.08. The molecule has 0 bridgehead atoms. The fourth-order valence-corrected chi connectivity index (χ4v) is 3.23. The Balaban J connectivity index is 1.90. The average molecular weight is 358 g/mol. The molecule has 144 valence electrons. The summed E-state index contributed by atoms with van der Waals surface area (Å²) in [5.74, 6) is 0.971. The maximum Gasteiger partial charge on any atom is 0.124 e. The monoisotopic (exact) mass is 357 g/mol. The van der Waals surface area contributed by atoms with E-state index in [1.54, 1.807) is 0 Å². The molecule has 3 nitrogen and oxygen atoms in total. The molecule has 0 unspecified atom stereocenters. The summed E-state index contributed by atoms with van der Waals surface area (Å²) in [5, 5.41) is 6.16. The van der Waals surface area contributed by atoms with E-state index in [4.69, 9.17) is 9.47 Å². The van der Waals surface area contributed by atoms with Crippen LogP contribution < -0.4 is 10.1 Å². The molecule has 0 atom stereocenters. The molecule has 0 aliphatic carbocycles. The first-order valence-corrected chi connectivity index (χ1v) is 10.3. The number of hydrogen-bond donors (Lipinski definition) is 1. The molecule has 0 aliphatic heterocycles. The highest BCUT2D eigenvalue weighted by Crippen LogP contribution is 2.28. The van der Waals surface area contributed by atoms with Gasteiger partial charge in [0.1, 0.15) is 12.4 Å². The number of benzene rings is 2. The minimum absolute atomic E-state index is 0.594. The van der Waals surface area contributed by atoms with Gasteiger partial charge < -0.3 is 14.8 Å². The lowest BCUT2D eigenvalue weighted by Crippen LogP contribution is -2.16. The zero-order valence-corrected chi connectivity index (χ0v) is 16.6. The van der Waals surface area contributed by atoms with Crippen LogP contribution in [-0.4, -0.2) is 26.4 Å². The predicted molar refractivity (Wildman–Crippen MR) is 111 cm³/mol. The minimum atomic E-state index is 0.594. The number of ether oxygens (including phenoxy) is 2. The van der Waals surface area contributed by atoms with Crippen molar-refractivity contribution in [3.05, 3.63) is 42.0 Å². The van der Waals surface area contributed by atoms with Crippen molar-refractivity contribution in [2.75, 3.05) is 26.4 Å². The Morgan fingerprint density at radius 2 is 1.65 bits per heavy atom. The smallest absolute Gasteiger partial charge is 0.124 e. The molecule has 26 heavy (non-hydrogen) atoms. The molecule has 0 saturated carbocycles. The molecule has 2 aromatic rings. The fraction of sp³-hybridized carbons (Fsp3) is 0.565. The van der Waals surface area contributed by atoms with E-state index in [0.29, 0.717) is 13.2 Å². The Hall–Kier alpha value is -1.58. The molecule has 1 N–H and O–H groups in total. The molecule has 0 heterocycles. The van der Waals surface area contributed by atoms with E-state index in [9.17, 15) is 0 Å². The first kappa shape index (κ1) is 20.7. The Bertz CT molecular complexity index is 627. The van der Waals surface area contributed by atoms with Gasteiger partial charge in [-0.15, -0.1) is 0 Å². The highest BCUT2D eigenvalue weighted by molar-refractivity contribution is 5.87. The van der Waals surface area contributed by atoms with Crippen molar-refractivity contribution in [1.29, 1.82) is 0 Å². The van der Waals surface area contributed by atoms with Crippen LogP contribution in [0.3, 0.4) is 0 Å². The largest absolute Gasteiger partial charge is 0.491 e. The Labute approximate surface area is 159 Å². The molecular weight excluding hydrogens is 322 g/mol. The summed E-state index contributed by atoms with van der Waals surface area (Å²) >= 11 is 0.